The summed E-state index contributed by atoms with van der Waals surface area (Å²) in [6, 6.07) is 1.78. The number of carbonyl (C=O) groups excluding carboxylic acids is 1. The number of aryl methyl sites for hydroxylation is 1. The highest BCUT2D eigenvalue weighted by molar-refractivity contribution is 9.10. The molecule has 0 atom stereocenters. The van der Waals surface area contributed by atoms with Crippen molar-refractivity contribution in [1.82, 2.24) is 4.98 Å². The standard InChI is InChI=1S/C11H15BrN2O2/c1-7-9(12)5-8(6-13-7)14-10(15)16-11(2,3)4/h5-6H,1-4H3,(H,14,15). The summed E-state index contributed by atoms with van der Waals surface area (Å²) < 4.78 is 5.97. The minimum atomic E-state index is -0.501. The zero-order valence-corrected chi connectivity index (χ0v) is 11.4. The summed E-state index contributed by atoms with van der Waals surface area (Å²) in [5, 5.41) is 2.61. The molecular formula is C11H15BrN2O2. The van der Waals surface area contributed by atoms with Gasteiger partial charge in [-0.3, -0.25) is 10.3 Å². The Morgan fingerprint density at radius 2 is 2.12 bits per heavy atom. The molecule has 0 radical (unpaired) electrons. The fourth-order valence-corrected chi connectivity index (χ4v) is 1.35. The Balaban J connectivity index is 2.67. The van der Waals surface area contributed by atoms with Crippen LogP contribution in [0, 0.1) is 6.92 Å². The molecule has 0 bridgehead atoms. The van der Waals surface area contributed by atoms with Crippen molar-refractivity contribution in [2.75, 3.05) is 5.32 Å². The van der Waals surface area contributed by atoms with E-state index in [4.69, 9.17) is 4.74 Å². The molecule has 1 aromatic heterocycles. The van der Waals surface area contributed by atoms with E-state index in [9.17, 15) is 4.79 Å². The van der Waals surface area contributed by atoms with Gasteiger partial charge in [0.25, 0.3) is 0 Å². The van der Waals surface area contributed by atoms with Crippen molar-refractivity contribution in [2.24, 2.45) is 0 Å². The minimum Gasteiger partial charge on any atom is -0.444 e. The lowest BCUT2D eigenvalue weighted by atomic mass is 10.2. The molecule has 0 spiro atoms. The average Bonchev–Trinajstić information content (AvgIpc) is 2.08. The third-order valence-corrected chi connectivity index (χ3v) is 2.47. The molecule has 1 aromatic rings. The molecule has 1 N–H and O–H groups in total. The number of carbonyl (C=O) groups is 1. The molecule has 16 heavy (non-hydrogen) atoms. The number of nitrogens with one attached hydrogen (secondary N) is 1. The molecule has 5 heteroatoms. The van der Waals surface area contributed by atoms with E-state index in [1.807, 2.05) is 27.7 Å². The van der Waals surface area contributed by atoms with Crippen LogP contribution in [0.25, 0.3) is 0 Å². The van der Waals surface area contributed by atoms with E-state index >= 15 is 0 Å². The second kappa shape index (κ2) is 4.82. The fourth-order valence-electron chi connectivity index (χ4n) is 0.996. The summed E-state index contributed by atoms with van der Waals surface area (Å²) in [7, 11) is 0. The number of pyridine rings is 1. The molecule has 1 rings (SSSR count). The number of ether oxygens (including phenoxy) is 1. The van der Waals surface area contributed by atoms with Crippen molar-refractivity contribution in [3.63, 3.8) is 0 Å². The van der Waals surface area contributed by atoms with Gasteiger partial charge in [-0.1, -0.05) is 0 Å². The van der Waals surface area contributed by atoms with Crippen molar-refractivity contribution >= 4 is 27.7 Å². The Morgan fingerprint density at radius 1 is 1.50 bits per heavy atom. The molecule has 0 fully saturated rings. The summed E-state index contributed by atoms with van der Waals surface area (Å²) in [4.78, 5) is 15.6. The van der Waals surface area contributed by atoms with E-state index in [0.717, 1.165) is 10.2 Å². The molecule has 0 saturated heterocycles. The Bertz CT molecular complexity index is 399. The third-order valence-electron chi connectivity index (χ3n) is 1.67. The molecule has 0 aliphatic rings. The SMILES string of the molecule is Cc1ncc(NC(=O)OC(C)(C)C)cc1Br. The molecule has 0 unspecified atom stereocenters. The van der Waals surface area contributed by atoms with Gasteiger partial charge in [-0.15, -0.1) is 0 Å². The van der Waals surface area contributed by atoms with Crippen LogP contribution in [0.4, 0.5) is 10.5 Å². The lowest BCUT2D eigenvalue weighted by Crippen LogP contribution is -2.27. The Kier molecular flexibility index (Phi) is 3.91. The largest absolute Gasteiger partial charge is 0.444 e. The first-order chi connectivity index (χ1) is 7.28. The van der Waals surface area contributed by atoms with E-state index in [0.29, 0.717) is 5.69 Å². The summed E-state index contributed by atoms with van der Waals surface area (Å²) in [5.41, 5.74) is 0.973. The van der Waals surface area contributed by atoms with Gasteiger partial charge in [-0.2, -0.15) is 0 Å². The molecule has 0 aliphatic heterocycles. The van der Waals surface area contributed by atoms with Crippen molar-refractivity contribution < 1.29 is 9.53 Å². The number of hydrogen-bond donors (Lipinski definition) is 1. The Morgan fingerprint density at radius 3 is 2.62 bits per heavy atom. The molecular weight excluding hydrogens is 272 g/mol. The van der Waals surface area contributed by atoms with Crippen LogP contribution >= 0.6 is 15.9 Å². The van der Waals surface area contributed by atoms with E-state index in [1.165, 1.54) is 0 Å². The summed E-state index contributed by atoms with van der Waals surface area (Å²) in [5.74, 6) is 0. The van der Waals surface area contributed by atoms with Gasteiger partial charge in [0.15, 0.2) is 0 Å². The quantitative estimate of drug-likeness (QED) is 0.860. The Hall–Kier alpha value is -1.10. The maximum absolute atomic E-state index is 11.4. The number of anilines is 1. The van der Waals surface area contributed by atoms with Crippen molar-refractivity contribution in [3.8, 4) is 0 Å². The van der Waals surface area contributed by atoms with Crippen LogP contribution in [-0.4, -0.2) is 16.7 Å². The monoisotopic (exact) mass is 286 g/mol. The van der Waals surface area contributed by atoms with Crippen LogP contribution in [-0.2, 0) is 4.74 Å². The predicted molar refractivity (Wildman–Crippen MR) is 66.5 cm³/mol. The number of aromatic nitrogens is 1. The van der Waals surface area contributed by atoms with Crippen LogP contribution < -0.4 is 5.32 Å². The van der Waals surface area contributed by atoms with Gasteiger partial charge in [0.2, 0.25) is 0 Å². The molecule has 88 valence electrons. The first-order valence-electron chi connectivity index (χ1n) is 4.90. The highest BCUT2D eigenvalue weighted by Crippen LogP contribution is 2.18. The summed E-state index contributed by atoms with van der Waals surface area (Å²) >= 11 is 3.34. The number of hydrogen-bond acceptors (Lipinski definition) is 3. The number of nitrogens with zero attached hydrogens (tertiary/aromatic N) is 1. The van der Waals surface area contributed by atoms with Gasteiger partial charge in [0.05, 0.1) is 17.6 Å². The molecule has 0 saturated carbocycles. The summed E-state index contributed by atoms with van der Waals surface area (Å²) in [6.45, 7) is 7.32. The second-order valence-electron chi connectivity index (χ2n) is 4.42. The maximum atomic E-state index is 11.4. The average molecular weight is 287 g/mol. The smallest absolute Gasteiger partial charge is 0.412 e. The second-order valence-corrected chi connectivity index (χ2v) is 5.27. The zero-order chi connectivity index (χ0) is 12.3. The molecule has 0 aliphatic carbocycles. The lowest BCUT2D eigenvalue weighted by Gasteiger charge is -2.19. The normalized spacial score (nSPS) is 11.1. The zero-order valence-electron chi connectivity index (χ0n) is 9.80. The van der Waals surface area contributed by atoms with Gasteiger partial charge in [-0.05, 0) is 49.7 Å². The molecule has 1 amide bonds. The predicted octanol–water partition coefficient (Wildman–Crippen LogP) is 3.50. The summed E-state index contributed by atoms with van der Waals surface area (Å²) in [6.07, 6.45) is 1.11. The van der Waals surface area contributed by atoms with Crippen LogP contribution in [0.3, 0.4) is 0 Å². The van der Waals surface area contributed by atoms with Gasteiger partial charge in [0, 0.05) is 4.47 Å². The molecule has 4 nitrogen and oxygen atoms in total. The minimum absolute atomic E-state index is 0.481. The van der Waals surface area contributed by atoms with Gasteiger partial charge >= 0.3 is 6.09 Å². The van der Waals surface area contributed by atoms with Crippen molar-refractivity contribution in [1.29, 1.82) is 0 Å². The van der Waals surface area contributed by atoms with Crippen LogP contribution in [0.5, 0.6) is 0 Å². The Labute approximate surface area is 104 Å². The fraction of sp³-hybridized carbons (Fsp3) is 0.455. The van der Waals surface area contributed by atoms with E-state index in [-0.39, 0.29) is 0 Å². The number of amides is 1. The third kappa shape index (κ3) is 4.18. The van der Waals surface area contributed by atoms with E-state index in [1.54, 1.807) is 12.3 Å². The maximum Gasteiger partial charge on any atom is 0.412 e. The van der Waals surface area contributed by atoms with Crippen molar-refractivity contribution in [2.45, 2.75) is 33.3 Å². The van der Waals surface area contributed by atoms with Gasteiger partial charge < -0.3 is 4.74 Å². The highest BCUT2D eigenvalue weighted by Gasteiger charge is 2.16. The lowest BCUT2D eigenvalue weighted by molar-refractivity contribution is 0.0636. The van der Waals surface area contributed by atoms with Crippen LogP contribution in [0.1, 0.15) is 26.5 Å². The molecule has 0 aromatic carbocycles. The van der Waals surface area contributed by atoms with Crippen LogP contribution in [0.2, 0.25) is 0 Å². The highest BCUT2D eigenvalue weighted by atomic mass is 79.9. The van der Waals surface area contributed by atoms with Gasteiger partial charge in [-0.25, -0.2) is 4.79 Å². The van der Waals surface area contributed by atoms with Gasteiger partial charge in [0.1, 0.15) is 5.60 Å². The van der Waals surface area contributed by atoms with Crippen LogP contribution in [0.15, 0.2) is 16.7 Å². The first-order valence-corrected chi connectivity index (χ1v) is 5.69. The first kappa shape index (κ1) is 13.0. The van der Waals surface area contributed by atoms with E-state index in [2.05, 4.69) is 26.2 Å². The molecule has 1 heterocycles. The van der Waals surface area contributed by atoms with Crippen molar-refractivity contribution in [3.05, 3.63) is 22.4 Å². The number of rotatable bonds is 1. The number of halogens is 1. The van der Waals surface area contributed by atoms with E-state index < -0.39 is 11.7 Å². The topological polar surface area (TPSA) is 51.2 Å².